The Kier molecular flexibility index (Phi) is 6.69. The first-order valence-electron chi connectivity index (χ1n) is 7.20. The average Bonchev–Trinajstić information content (AvgIpc) is 2.51. The number of anilines is 1. The maximum Gasteiger partial charge on any atom is 0.387 e. The SMILES string of the molecule is CN(CC(=O)Nc1ccc(OC(F)F)cc1)Cc1ccccc1Br. The third-order valence-electron chi connectivity index (χ3n) is 3.17. The summed E-state index contributed by atoms with van der Waals surface area (Å²) in [5.74, 6) is -0.138. The molecule has 2 aromatic rings. The Bertz CT molecular complexity index is 681. The highest BCUT2D eigenvalue weighted by Crippen LogP contribution is 2.19. The fourth-order valence-electron chi connectivity index (χ4n) is 2.14. The quantitative estimate of drug-likeness (QED) is 0.762. The number of carbonyl (C=O) groups excluding carboxylic acids is 1. The van der Waals surface area contributed by atoms with E-state index in [-0.39, 0.29) is 18.2 Å². The molecule has 0 aliphatic heterocycles. The lowest BCUT2D eigenvalue weighted by atomic mass is 10.2. The molecule has 0 atom stereocenters. The zero-order chi connectivity index (χ0) is 17.5. The summed E-state index contributed by atoms with van der Waals surface area (Å²) in [5.41, 5.74) is 1.61. The lowest BCUT2D eigenvalue weighted by Gasteiger charge is -2.17. The van der Waals surface area contributed by atoms with Crippen LogP contribution in [0.4, 0.5) is 14.5 Å². The Hall–Kier alpha value is -1.99. The van der Waals surface area contributed by atoms with Crippen LogP contribution in [0.2, 0.25) is 0 Å². The average molecular weight is 399 g/mol. The summed E-state index contributed by atoms with van der Waals surface area (Å²) in [4.78, 5) is 13.9. The van der Waals surface area contributed by atoms with E-state index >= 15 is 0 Å². The molecule has 7 heteroatoms. The highest BCUT2D eigenvalue weighted by molar-refractivity contribution is 9.10. The zero-order valence-corrected chi connectivity index (χ0v) is 14.6. The molecule has 2 rings (SSSR count). The largest absolute Gasteiger partial charge is 0.435 e. The molecule has 4 nitrogen and oxygen atoms in total. The Morgan fingerprint density at radius 1 is 1.21 bits per heavy atom. The van der Waals surface area contributed by atoms with E-state index in [2.05, 4.69) is 26.0 Å². The second-order valence-corrected chi connectivity index (χ2v) is 6.07. The summed E-state index contributed by atoms with van der Waals surface area (Å²) in [6, 6.07) is 13.6. The fourth-order valence-corrected chi connectivity index (χ4v) is 2.55. The van der Waals surface area contributed by atoms with Crippen LogP contribution in [0.25, 0.3) is 0 Å². The summed E-state index contributed by atoms with van der Waals surface area (Å²) in [5, 5.41) is 2.72. The molecular weight excluding hydrogens is 382 g/mol. The normalized spacial score (nSPS) is 10.9. The third-order valence-corrected chi connectivity index (χ3v) is 3.95. The van der Waals surface area contributed by atoms with Crippen molar-refractivity contribution >= 4 is 27.5 Å². The molecule has 0 saturated heterocycles. The number of alkyl halides is 2. The van der Waals surface area contributed by atoms with Crippen LogP contribution in [0.15, 0.2) is 53.0 Å². The number of ether oxygens (including phenoxy) is 1. The van der Waals surface area contributed by atoms with Crippen LogP contribution in [0.5, 0.6) is 5.75 Å². The number of nitrogens with zero attached hydrogens (tertiary/aromatic N) is 1. The van der Waals surface area contributed by atoms with Gasteiger partial charge in [0.2, 0.25) is 5.91 Å². The van der Waals surface area contributed by atoms with Crippen LogP contribution in [-0.2, 0) is 11.3 Å². The Balaban J connectivity index is 1.85. The molecule has 0 unspecified atom stereocenters. The van der Waals surface area contributed by atoms with Crippen molar-refractivity contribution in [2.75, 3.05) is 18.9 Å². The molecule has 2 aromatic carbocycles. The van der Waals surface area contributed by atoms with Gasteiger partial charge in [-0.05, 0) is 42.9 Å². The van der Waals surface area contributed by atoms with Gasteiger partial charge in [0, 0.05) is 16.7 Å². The van der Waals surface area contributed by atoms with Gasteiger partial charge in [0.05, 0.1) is 6.54 Å². The Morgan fingerprint density at radius 2 is 1.88 bits per heavy atom. The van der Waals surface area contributed by atoms with Crippen molar-refractivity contribution < 1.29 is 18.3 Å². The summed E-state index contributed by atoms with van der Waals surface area (Å²) < 4.78 is 29.4. The molecule has 1 amide bonds. The lowest BCUT2D eigenvalue weighted by molar-refractivity contribution is -0.117. The van der Waals surface area contributed by atoms with Crippen LogP contribution in [0, 0.1) is 0 Å². The van der Waals surface area contributed by atoms with Crippen molar-refractivity contribution in [3.8, 4) is 5.75 Å². The van der Waals surface area contributed by atoms with Crippen molar-refractivity contribution in [2.24, 2.45) is 0 Å². The Labute approximate surface area is 147 Å². The highest BCUT2D eigenvalue weighted by Gasteiger charge is 2.10. The molecule has 0 aliphatic rings. The van der Waals surface area contributed by atoms with Gasteiger partial charge in [0.1, 0.15) is 5.75 Å². The number of nitrogens with one attached hydrogen (secondary N) is 1. The molecule has 24 heavy (non-hydrogen) atoms. The predicted molar refractivity (Wildman–Crippen MR) is 92.2 cm³/mol. The highest BCUT2D eigenvalue weighted by atomic mass is 79.9. The summed E-state index contributed by atoms with van der Waals surface area (Å²) in [6.45, 7) is -2.04. The number of rotatable bonds is 7. The van der Waals surface area contributed by atoms with Crippen molar-refractivity contribution in [3.63, 3.8) is 0 Å². The van der Waals surface area contributed by atoms with E-state index in [9.17, 15) is 13.6 Å². The van der Waals surface area contributed by atoms with Crippen LogP contribution >= 0.6 is 15.9 Å². The minimum absolute atomic E-state index is 0.0500. The van der Waals surface area contributed by atoms with Gasteiger partial charge in [0.25, 0.3) is 0 Å². The summed E-state index contributed by atoms with van der Waals surface area (Å²) >= 11 is 3.48. The van der Waals surface area contributed by atoms with Crippen LogP contribution in [-0.4, -0.2) is 31.0 Å². The number of benzene rings is 2. The van der Waals surface area contributed by atoms with Gasteiger partial charge in [-0.1, -0.05) is 34.1 Å². The third kappa shape index (κ3) is 5.90. The van der Waals surface area contributed by atoms with Gasteiger partial charge in [-0.25, -0.2) is 0 Å². The van der Waals surface area contributed by atoms with E-state index in [0.717, 1.165) is 10.0 Å². The summed E-state index contributed by atoms with van der Waals surface area (Å²) in [6.07, 6.45) is 0. The van der Waals surface area contributed by atoms with E-state index in [1.54, 1.807) is 0 Å². The first-order valence-corrected chi connectivity index (χ1v) is 8.00. The van der Waals surface area contributed by atoms with Crippen molar-refractivity contribution in [1.29, 1.82) is 0 Å². The van der Waals surface area contributed by atoms with Gasteiger partial charge >= 0.3 is 6.61 Å². The first kappa shape index (κ1) is 18.4. The van der Waals surface area contributed by atoms with E-state index in [1.165, 1.54) is 24.3 Å². The zero-order valence-electron chi connectivity index (χ0n) is 13.0. The first-order chi connectivity index (χ1) is 11.4. The van der Waals surface area contributed by atoms with Gasteiger partial charge in [-0.2, -0.15) is 8.78 Å². The van der Waals surface area contributed by atoms with Crippen LogP contribution < -0.4 is 10.1 Å². The molecule has 1 N–H and O–H groups in total. The molecule has 0 bridgehead atoms. The van der Waals surface area contributed by atoms with E-state index in [4.69, 9.17) is 0 Å². The van der Waals surface area contributed by atoms with Gasteiger partial charge in [-0.15, -0.1) is 0 Å². The minimum atomic E-state index is -2.86. The van der Waals surface area contributed by atoms with E-state index < -0.39 is 6.61 Å². The van der Waals surface area contributed by atoms with Gasteiger partial charge < -0.3 is 10.1 Å². The number of halogens is 3. The minimum Gasteiger partial charge on any atom is -0.435 e. The number of amides is 1. The number of hydrogen-bond acceptors (Lipinski definition) is 3. The van der Waals surface area contributed by atoms with Crippen LogP contribution in [0.3, 0.4) is 0 Å². The second-order valence-electron chi connectivity index (χ2n) is 5.21. The van der Waals surface area contributed by atoms with Gasteiger partial charge in [0.15, 0.2) is 0 Å². The van der Waals surface area contributed by atoms with E-state index in [1.807, 2.05) is 36.2 Å². The topological polar surface area (TPSA) is 41.6 Å². The maximum absolute atomic E-state index is 12.1. The molecule has 0 heterocycles. The standard InChI is InChI=1S/C17H17BrF2N2O2/c1-22(10-12-4-2-3-5-15(12)18)11-16(23)21-13-6-8-14(9-7-13)24-17(19)20/h2-9,17H,10-11H2,1H3,(H,21,23). The molecule has 0 saturated carbocycles. The van der Waals surface area contributed by atoms with Crippen molar-refractivity contribution in [2.45, 2.75) is 13.2 Å². The monoisotopic (exact) mass is 398 g/mol. The molecule has 128 valence electrons. The summed E-state index contributed by atoms with van der Waals surface area (Å²) in [7, 11) is 1.85. The van der Waals surface area contributed by atoms with E-state index in [0.29, 0.717) is 12.2 Å². The molecule has 0 aliphatic carbocycles. The van der Waals surface area contributed by atoms with Crippen molar-refractivity contribution in [3.05, 3.63) is 58.6 Å². The fraction of sp³-hybridized carbons (Fsp3) is 0.235. The van der Waals surface area contributed by atoms with Crippen LogP contribution in [0.1, 0.15) is 5.56 Å². The predicted octanol–water partition coefficient (Wildman–Crippen LogP) is 4.12. The molecule has 0 aromatic heterocycles. The molecular formula is C17H17BrF2N2O2. The number of carbonyl (C=O) groups is 1. The maximum atomic E-state index is 12.1. The smallest absolute Gasteiger partial charge is 0.387 e. The lowest BCUT2D eigenvalue weighted by Crippen LogP contribution is -2.29. The molecule has 0 fully saturated rings. The van der Waals surface area contributed by atoms with Gasteiger partial charge in [-0.3, -0.25) is 9.69 Å². The number of hydrogen-bond donors (Lipinski definition) is 1. The second kappa shape index (κ2) is 8.75. The van der Waals surface area contributed by atoms with Crippen molar-refractivity contribution in [1.82, 2.24) is 4.90 Å². The molecule has 0 spiro atoms. The number of likely N-dealkylation sites (N-methyl/N-ethyl adjacent to an activating group) is 1. The Morgan fingerprint density at radius 3 is 2.50 bits per heavy atom. The molecule has 0 radical (unpaired) electrons.